The predicted molar refractivity (Wildman–Crippen MR) is 67.4 cm³/mol. The molecule has 0 N–H and O–H groups in total. The van der Waals surface area contributed by atoms with Gasteiger partial charge in [0.2, 0.25) is 0 Å². The Labute approximate surface area is 113 Å². The van der Waals surface area contributed by atoms with E-state index in [-0.39, 0.29) is 17.0 Å². The van der Waals surface area contributed by atoms with Crippen LogP contribution in [-0.2, 0) is 0 Å². The van der Waals surface area contributed by atoms with E-state index >= 15 is 0 Å². The fourth-order valence-corrected chi connectivity index (χ4v) is 1.95. The van der Waals surface area contributed by atoms with Gasteiger partial charge in [0, 0.05) is 12.1 Å². The molecule has 3 nitrogen and oxygen atoms in total. The van der Waals surface area contributed by atoms with Crippen LogP contribution in [0.15, 0.2) is 11.2 Å². The first-order valence-corrected chi connectivity index (χ1v) is 6.75. The third-order valence-electron chi connectivity index (χ3n) is 2.11. The van der Waals surface area contributed by atoms with Gasteiger partial charge in [-0.3, -0.25) is 0 Å². The lowest BCUT2D eigenvalue weighted by molar-refractivity contribution is -0.120. The van der Waals surface area contributed by atoms with Gasteiger partial charge in [-0.25, -0.2) is 9.97 Å². The maximum absolute atomic E-state index is 12.5. The van der Waals surface area contributed by atoms with E-state index in [2.05, 4.69) is 9.97 Å². The average molecular weight is 300 g/mol. The number of nitrogens with zero attached hydrogens (tertiary/aromatic N) is 3. The minimum absolute atomic E-state index is 0.136. The summed E-state index contributed by atoms with van der Waals surface area (Å²) in [5.74, 6) is 0.187. The third-order valence-corrected chi connectivity index (χ3v) is 2.85. The Kier molecular flexibility index (Phi) is 5.10. The van der Waals surface area contributed by atoms with Crippen molar-refractivity contribution in [1.29, 1.82) is 0 Å². The molecule has 18 heavy (non-hydrogen) atoms. The summed E-state index contributed by atoms with van der Waals surface area (Å²) < 4.78 is 37.5. The zero-order valence-electron chi connectivity index (χ0n) is 10.1. The average Bonchev–Trinajstić information content (AvgIpc) is 2.23. The molecule has 0 bridgehead atoms. The predicted octanol–water partition coefficient (Wildman–Crippen LogP) is 3.63. The zero-order chi connectivity index (χ0) is 13.9. The molecule has 1 rings (SSSR count). The molecule has 102 valence electrons. The summed E-state index contributed by atoms with van der Waals surface area (Å²) in [5, 5.41) is 0.488. The zero-order valence-corrected chi connectivity index (χ0v) is 11.7. The van der Waals surface area contributed by atoms with Crippen molar-refractivity contribution in [3.05, 3.63) is 11.2 Å². The molecule has 1 heterocycles. The molecule has 0 saturated heterocycles. The standard InChI is InChI=1S/C10H13ClF3N3S/c1-6(2)17(5-10(12,13)14)8-4-7(11)15-9(16-8)18-3/h4,6H,5H2,1-3H3. The number of aromatic nitrogens is 2. The molecule has 0 aromatic carbocycles. The summed E-state index contributed by atoms with van der Waals surface area (Å²) >= 11 is 7.01. The first-order valence-electron chi connectivity index (χ1n) is 5.15. The van der Waals surface area contributed by atoms with E-state index in [0.29, 0.717) is 5.16 Å². The molecule has 0 aliphatic rings. The Hall–Kier alpha value is -0.690. The van der Waals surface area contributed by atoms with Crippen LogP contribution in [0.1, 0.15) is 13.8 Å². The van der Waals surface area contributed by atoms with E-state index in [9.17, 15) is 13.2 Å². The van der Waals surface area contributed by atoms with E-state index < -0.39 is 12.7 Å². The van der Waals surface area contributed by atoms with E-state index in [1.165, 1.54) is 17.8 Å². The van der Waals surface area contributed by atoms with Crippen molar-refractivity contribution in [2.45, 2.75) is 31.2 Å². The quantitative estimate of drug-likeness (QED) is 0.482. The number of alkyl halides is 3. The van der Waals surface area contributed by atoms with Crippen molar-refractivity contribution in [2.75, 3.05) is 17.7 Å². The van der Waals surface area contributed by atoms with E-state index in [1.807, 2.05) is 0 Å². The molecule has 0 amide bonds. The number of halogens is 4. The molecular weight excluding hydrogens is 287 g/mol. The van der Waals surface area contributed by atoms with Crippen molar-refractivity contribution < 1.29 is 13.2 Å². The van der Waals surface area contributed by atoms with Crippen LogP contribution in [0.4, 0.5) is 19.0 Å². The number of rotatable bonds is 4. The minimum Gasteiger partial charge on any atom is -0.345 e. The molecule has 8 heteroatoms. The second kappa shape index (κ2) is 5.97. The normalized spacial score (nSPS) is 12.0. The highest BCUT2D eigenvalue weighted by Crippen LogP contribution is 2.25. The van der Waals surface area contributed by atoms with E-state index in [1.54, 1.807) is 20.1 Å². The summed E-state index contributed by atoms with van der Waals surface area (Å²) in [6, 6.07) is 1.000. The van der Waals surface area contributed by atoms with Gasteiger partial charge in [0.1, 0.15) is 17.5 Å². The monoisotopic (exact) mass is 299 g/mol. The van der Waals surface area contributed by atoms with Gasteiger partial charge in [0.25, 0.3) is 0 Å². The minimum atomic E-state index is -4.29. The highest BCUT2D eigenvalue weighted by atomic mass is 35.5. The fraction of sp³-hybridized carbons (Fsp3) is 0.600. The molecule has 0 atom stereocenters. The summed E-state index contributed by atoms with van der Waals surface area (Å²) in [6.45, 7) is 2.27. The molecular formula is C10H13ClF3N3S. The van der Waals surface area contributed by atoms with Gasteiger partial charge in [-0.15, -0.1) is 0 Å². The molecule has 0 spiro atoms. The van der Waals surface area contributed by atoms with Gasteiger partial charge in [0.15, 0.2) is 5.16 Å². The fourth-order valence-electron chi connectivity index (χ4n) is 1.35. The lowest BCUT2D eigenvalue weighted by Gasteiger charge is -2.28. The smallest absolute Gasteiger partial charge is 0.345 e. The Balaban J connectivity index is 3.09. The maximum Gasteiger partial charge on any atom is 0.405 e. The summed E-state index contributed by atoms with van der Waals surface area (Å²) in [6.07, 6.45) is -2.56. The van der Waals surface area contributed by atoms with Gasteiger partial charge >= 0.3 is 6.18 Å². The van der Waals surface area contributed by atoms with Crippen LogP contribution < -0.4 is 4.90 Å². The van der Waals surface area contributed by atoms with E-state index in [4.69, 9.17) is 11.6 Å². The highest BCUT2D eigenvalue weighted by Gasteiger charge is 2.32. The molecule has 0 saturated carbocycles. The Bertz CT molecular complexity index is 412. The summed E-state index contributed by atoms with van der Waals surface area (Å²) in [7, 11) is 0. The van der Waals surface area contributed by atoms with Crippen molar-refractivity contribution in [2.24, 2.45) is 0 Å². The van der Waals surface area contributed by atoms with Crippen LogP contribution in [0, 0.1) is 0 Å². The summed E-state index contributed by atoms with van der Waals surface area (Å²) in [4.78, 5) is 9.10. The molecule has 0 aliphatic heterocycles. The van der Waals surface area contributed by atoms with Crippen molar-refractivity contribution in [3.8, 4) is 0 Å². The van der Waals surface area contributed by atoms with Crippen LogP contribution in [0.2, 0.25) is 5.15 Å². The number of anilines is 1. The van der Waals surface area contributed by atoms with Crippen molar-refractivity contribution in [3.63, 3.8) is 0 Å². The topological polar surface area (TPSA) is 29.0 Å². The van der Waals surface area contributed by atoms with Crippen LogP contribution in [0.25, 0.3) is 0 Å². The van der Waals surface area contributed by atoms with Gasteiger partial charge < -0.3 is 4.90 Å². The second-order valence-corrected chi connectivity index (χ2v) is 5.03. The van der Waals surface area contributed by atoms with Crippen LogP contribution in [0.3, 0.4) is 0 Å². The number of hydrogen-bond acceptors (Lipinski definition) is 4. The van der Waals surface area contributed by atoms with Crippen molar-refractivity contribution >= 4 is 29.2 Å². The third kappa shape index (κ3) is 4.53. The van der Waals surface area contributed by atoms with Crippen molar-refractivity contribution in [1.82, 2.24) is 9.97 Å². The molecule has 0 fully saturated rings. The lowest BCUT2D eigenvalue weighted by atomic mass is 10.3. The van der Waals surface area contributed by atoms with Crippen LogP contribution in [-0.4, -0.2) is 35.0 Å². The molecule has 0 radical (unpaired) electrons. The Morgan fingerprint density at radius 1 is 1.39 bits per heavy atom. The van der Waals surface area contributed by atoms with E-state index in [0.717, 1.165) is 4.90 Å². The van der Waals surface area contributed by atoms with Gasteiger partial charge in [-0.2, -0.15) is 13.2 Å². The first-order chi connectivity index (χ1) is 8.23. The van der Waals surface area contributed by atoms with Crippen LogP contribution >= 0.6 is 23.4 Å². The second-order valence-electron chi connectivity index (χ2n) is 3.87. The van der Waals surface area contributed by atoms with Crippen LogP contribution in [0.5, 0.6) is 0 Å². The van der Waals surface area contributed by atoms with Gasteiger partial charge in [-0.05, 0) is 20.1 Å². The Morgan fingerprint density at radius 2 is 2.00 bits per heavy atom. The number of thioether (sulfide) groups is 1. The van der Waals surface area contributed by atoms with Gasteiger partial charge in [0.05, 0.1) is 0 Å². The molecule has 0 aliphatic carbocycles. The Morgan fingerprint density at radius 3 is 2.44 bits per heavy atom. The lowest BCUT2D eigenvalue weighted by Crippen LogP contribution is -2.39. The molecule has 1 aromatic rings. The molecule has 1 aromatic heterocycles. The van der Waals surface area contributed by atoms with Gasteiger partial charge in [-0.1, -0.05) is 23.4 Å². The largest absolute Gasteiger partial charge is 0.405 e. The SMILES string of the molecule is CSc1nc(Cl)cc(N(CC(F)(F)F)C(C)C)n1. The maximum atomic E-state index is 12.5. The summed E-state index contributed by atoms with van der Waals surface area (Å²) in [5.41, 5.74) is 0. The first kappa shape index (κ1) is 15.4. The molecule has 0 unspecified atom stereocenters. The highest BCUT2D eigenvalue weighted by molar-refractivity contribution is 7.98. The number of hydrogen-bond donors (Lipinski definition) is 0.